The highest BCUT2D eigenvalue weighted by molar-refractivity contribution is 14.1. The van der Waals surface area contributed by atoms with Crippen LogP contribution in [0.2, 0.25) is 0 Å². The van der Waals surface area contributed by atoms with Gasteiger partial charge in [-0.2, -0.15) is 0 Å². The van der Waals surface area contributed by atoms with E-state index in [4.69, 9.17) is 9.52 Å². The fourth-order valence-electron chi connectivity index (χ4n) is 1.58. The van der Waals surface area contributed by atoms with E-state index >= 15 is 0 Å². The molecule has 0 atom stereocenters. The summed E-state index contributed by atoms with van der Waals surface area (Å²) in [6.07, 6.45) is 1.86. The van der Waals surface area contributed by atoms with Crippen LogP contribution in [0, 0.1) is 3.57 Å². The fraction of sp³-hybridized carbons (Fsp3) is 0.182. The maximum Gasteiger partial charge on any atom is 0.311 e. The third-order valence-electron chi connectivity index (χ3n) is 2.19. The number of aliphatic carboxylic acids is 1. The van der Waals surface area contributed by atoms with Gasteiger partial charge in [0.1, 0.15) is 17.8 Å². The molecule has 0 aliphatic heterocycles. The van der Waals surface area contributed by atoms with Crippen LogP contribution in [-0.4, -0.2) is 17.3 Å². The molecule has 0 saturated carbocycles. The van der Waals surface area contributed by atoms with Gasteiger partial charge in [0.15, 0.2) is 0 Å². The minimum Gasteiger partial charge on any atom is -0.481 e. The van der Waals surface area contributed by atoms with Gasteiger partial charge in [-0.05, 0) is 47.0 Å². The van der Waals surface area contributed by atoms with Crippen molar-refractivity contribution in [2.24, 2.45) is 0 Å². The van der Waals surface area contributed by atoms with Crippen LogP contribution in [0.15, 0.2) is 27.5 Å². The molecule has 16 heavy (non-hydrogen) atoms. The van der Waals surface area contributed by atoms with Gasteiger partial charge in [-0.25, -0.2) is 0 Å². The van der Waals surface area contributed by atoms with Crippen LogP contribution in [0.25, 0.3) is 11.0 Å². The molecule has 84 valence electrons. The first-order chi connectivity index (χ1) is 7.61. The Morgan fingerprint density at radius 3 is 2.94 bits per heavy atom. The molecule has 0 aliphatic carbocycles. The first kappa shape index (κ1) is 11.8. The van der Waals surface area contributed by atoms with Gasteiger partial charge >= 0.3 is 5.97 Å². The van der Waals surface area contributed by atoms with Crippen LogP contribution in [0.3, 0.4) is 0 Å². The molecule has 1 aromatic carbocycles. The minimum atomic E-state index is -0.871. The Bertz CT molecular complexity index is 547. The lowest BCUT2D eigenvalue weighted by molar-refractivity contribution is -0.136. The summed E-state index contributed by atoms with van der Waals surface area (Å²) in [6.45, 7) is 0. The SMILES string of the molecule is CSc1c(CC(=O)O)oc2ccc(I)cc12. The molecule has 3 nitrogen and oxygen atoms in total. The minimum absolute atomic E-state index is 0.0680. The van der Waals surface area contributed by atoms with E-state index < -0.39 is 5.97 Å². The van der Waals surface area contributed by atoms with Crippen molar-refractivity contribution in [2.45, 2.75) is 11.3 Å². The molecule has 1 N–H and O–H groups in total. The Labute approximate surface area is 110 Å². The predicted octanol–water partition coefficient (Wildman–Crippen LogP) is 3.39. The van der Waals surface area contributed by atoms with E-state index in [1.807, 2.05) is 24.5 Å². The van der Waals surface area contributed by atoms with Crippen molar-refractivity contribution in [3.05, 3.63) is 27.5 Å². The largest absolute Gasteiger partial charge is 0.481 e. The summed E-state index contributed by atoms with van der Waals surface area (Å²) in [5, 5.41) is 9.79. The second kappa shape index (κ2) is 4.67. The van der Waals surface area contributed by atoms with Crippen molar-refractivity contribution < 1.29 is 14.3 Å². The van der Waals surface area contributed by atoms with Crippen LogP contribution in [0.4, 0.5) is 0 Å². The zero-order valence-corrected chi connectivity index (χ0v) is 11.5. The Balaban J connectivity index is 2.62. The maximum absolute atomic E-state index is 10.7. The van der Waals surface area contributed by atoms with E-state index in [2.05, 4.69) is 22.6 Å². The van der Waals surface area contributed by atoms with Crippen molar-refractivity contribution in [1.82, 2.24) is 0 Å². The number of furan rings is 1. The molecule has 0 radical (unpaired) electrons. The molecule has 1 aromatic heterocycles. The van der Waals surface area contributed by atoms with Crippen molar-refractivity contribution in [3.63, 3.8) is 0 Å². The smallest absolute Gasteiger partial charge is 0.311 e. The third-order valence-corrected chi connectivity index (χ3v) is 3.72. The summed E-state index contributed by atoms with van der Waals surface area (Å²) in [4.78, 5) is 11.6. The van der Waals surface area contributed by atoms with Crippen molar-refractivity contribution >= 4 is 51.3 Å². The molecule has 5 heteroatoms. The molecular formula is C11H9IO3S. The normalized spacial score (nSPS) is 10.9. The third kappa shape index (κ3) is 2.20. The van der Waals surface area contributed by atoms with Gasteiger partial charge in [0.2, 0.25) is 0 Å². The number of hydrogen-bond acceptors (Lipinski definition) is 3. The summed E-state index contributed by atoms with van der Waals surface area (Å²) in [6, 6.07) is 5.83. The number of hydrogen-bond donors (Lipinski definition) is 1. The highest BCUT2D eigenvalue weighted by Crippen LogP contribution is 2.34. The summed E-state index contributed by atoms with van der Waals surface area (Å²) >= 11 is 3.75. The molecule has 1 heterocycles. The monoisotopic (exact) mass is 348 g/mol. The summed E-state index contributed by atoms with van der Waals surface area (Å²) in [5.41, 5.74) is 0.751. The molecule has 0 amide bonds. The Morgan fingerprint density at radius 1 is 1.56 bits per heavy atom. The standard InChI is InChI=1S/C11H9IO3S/c1-16-11-7-4-6(12)2-3-8(7)15-9(11)5-10(13)14/h2-4H,5H2,1H3,(H,13,14). The van der Waals surface area contributed by atoms with Gasteiger partial charge in [0, 0.05) is 8.96 Å². The maximum atomic E-state index is 10.7. The number of halogens is 1. The van der Waals surface area contributed by atoms with E-state index in [9.17, 15) is 4.79 Å². The molecule has 0 spiro atoms. The first-order valence-corrected chi connectivity index (χ1v) is 6.89. The molecule has 0 unspecified atom stereocenters. The van der Waals surface area contributed by atoms with Gasteiger partial charge in [-0.3, -0.25) is 4.79 Å². The topological polar surface area (TPSA) is 50.4 Å². The number of rotatable bonds is 3. The average Bonchev–Trinajstić information content (AvgIpc) is 2.53. The van der Waals surface area contributed by atoms with Gasteiger partial charge < -0.3 is 9.52 Å². The zero-order valence-electron chi connectivity index (χ0n) is 8.49. The van der Waals surface area contributed by atoms with Gasteiger partial charge in [0.25, 0.3) is 0 Å². The highest BCUT2D eigenvalue weighted by atomic mass is 127. The van der Waals surface area contributed by atoms with E-state index in [1.165, 1.54) is 11.8 Å². The number of fused-ring (bicyclic) bond motifs is 1. The summed E-state index contributed by atoms with van der Waals surface area (Å²) < 4.78 is 6.66. The van der Waals surface area contributed by atoms with E-state index in [0.717, 1.165) is 19.4 Å². The van der Waals surface area contributed by atoms with Gasteiger partial charge in [0.05, 0.1) is 4.90 Å². The van der Waals surface area contributed by atoms with Gasteiger partial charge in [-0.1, -0.05) is 0 Å². The van der Waals surface area contributed by atoms with Crippen LogP contribution >= 0.6 is 34.4 Å². The molecule has 2 aromatic rings. The van der Waals surface area contributed by atoms with E-state index in [1.54, 1.807) is 0 Å². The molecule has 0 fully saturated rings. The molecule has 0 saturated heterocycles. The number of benzene rings is 1. The van der Waals surface area contributed by atoms with Crippen LogP contribution in [-0.2, 0) is 11.2 Å². The quantitative estimate of drug-likeness (QED) is 0.683. The molecule has 2 rings (SSSR count). The predicted molar refractivity (Wildman–Crippen MR) is 72.1 cm³/mol. The molecule has 0 aliphatic rings. The Morgan fingerprint density at radius 2 is 2.31 bits per heavy atom. The van der Waals surface area contributed by atoms with Gasteiger partial charge in [-0.15, -0.1) is 11.8 Å². The van der Waals surface area contributed by atoms with Crippen molar-refractivity contribution in [2.75, 3.05) is 6.26 Å². The lowest BCUT2D eigenvalue weighted by atomic mass is 10.2. The Hall–Kier alpha value is -0.690. The lowest BCUT2D eigenvalue weighted by Crippen LogP contribution is -1.99. The number of carbonyl (C=O) groups is 1. The second-order valence-electron chi connectivity index (χ2n) is 3.27. The highest BCUT2D eigenvalue weighted by Gasteiger charge is 2.15. The fourth-order valence-corrected chi connectivity index (χ4v) is 2.79. The molecular weight excluding hydrogens is 339 g/mol. The van der Waals surface area contributed by atoms with Crippen LogP contribution in [0.1, 0.15) is 5.76 Å². The van der Waals surface area contributed by atoms with Crippen molar-refractivity contribution in [3.8, 4) is 0 Å². The second-order valence-corrected chi connectivity index (χ2v) is 5.33. The summed E-state index contributed by atoms with van der Waals surface area (Å²) in [5.74, 6) is -0.332. The van der Waals surface area contributed by atoms with Crippen molar-refractivity contribution in [1.29, 1.82) is 0 Å². The van der Waals surface area contributed by atoms with E-state index in [-0.39, 0.29) is 6.42 Å². The first-order valence-electron chi connectivity index (χ1n) is 4.58. The van der Waals surface area contributed by atoms with E-state index in [0.29, 0.717) is 5.76 Å². The number of thioether (sulfide) groups is 1. The van der Waals surface area contributed by atoms with Crippen LogP contribution < -0.4 is 0 Å². The lowest BCUT2D eigenvalue weighted by Gasteiger charge is -1.95. The molecule has 0 bridgehead atoms. The van der Waals surface area contributed by atoms with Crippen LogP contribution in [0.5, 0.6) is 0 Å². The Kier molecular flexibility index (Phi) is 3.44. The number of carboxylic acid groups (broad SMARTS) is 1. The number of carboxylic acids is 1. The average molecular weight is 348 g/mol. The summed E-state index contributed by atoms with van der Waals surface area (Å²) in [7, 11) is 0. The zero-order chi connectivity index (χ0) is 11.7.